The number of carbonyl (C=O) groups excluding carboxylic acids is 1. The Morgan fingerprint density at radius 2 is 1.79 bits per heavy atom. The van der Waals surface area contributed by atoms with Crippen molar-refractivity contribution in [3.8, 4) is 22.9 Å². The standard InChI is InChI=1S/C22H27N5O6S/c1-14(2)20(22-26-21(27-33-22)15-7-10-23-11-8-15)25-19(28)9-12-24-34(29,30)16-5-6-17(31-3)18(13-16)32-4/h5-8,10-11,13-14,20,24H,9,12H2,1-4H3,(H,25,28). The molecular weight excluding hydrogens is 462 g/mol. The molecule has 2 N–H and O–H groups in total. The van der Waals surface area contributed by atoms with Crippen LogP contribution in [0.25, 0.3) is 11.4 Å². The lowest BCUT2D eigenvalue weighted by Crippen LogP contribution is -2.35. The molecule has 34 heavy (non-hydrogen) atoms. The Labute approximate surface area is 197 Å². The van der Waals surface area contributed by atoms with Gasteiger partial charge >= 0.3 is 0 Å². The van der Waals surface area contributed by atoms with E-state index < -0.39 is 16.1 Å². The summed E-state index contributed by atoms with van der Waals surface area (Å²) in [4.78, 5) is 20.9. The molecule has 0 aliphatic carbocycles. The predicted octanol–water partition coefficient (Wildman–Crippen LogP) is 2.33. The Morgan fingerprint density at radius 3 is 2.44 bits per heavy atom. The third-order valence-electron chi connectivity index (χ3n) is 4.94. The topological polar surface area (TPSA) is 146 Å². The highest BCUT2D eigenvalue weighted by atomic mass is 32.2. The molecule has 0 aliphatic heterocycles. The first-order chi connectivity index (χ1) is 16.2. The summed E-state index contributed by atoms with van der Waals surface area (Å²) in [5, 5.41) is 6.81. The van der Waals surface area contributed by atoms with E-state index in [1.807, 2.05) is 13.8 Å². The maximum Gasteiger partial charge on any atom is 0.249 e. The van der Waals surface area contributed by atoms with E-state index in [0.29, 0.717) is 11.6 Å². The van der Waals surface area contributed by atoms with E-state index in [4.69, 9.17) is 14.0 Å². The van der Waals surface area contributed by atoms with Gasteiger partial charge in [-0.05, 0) is 30.2 Å². The fourth-order valence-corrected chi connectivity index (χ4v) is 4.15. The van der Waals surface area contributed by atoms with Crippen LogP contribution in [0, 0.1) is 5.92 Å². The van der Waals surface area contributed by atoms with Crippen molar-refractivity contribution < 1.29 is 27.2 Å². The molecule has 1 amide bonds. The van der Waals surface area contributed by atoms with E-state index in [2.05, 4.69) is 25.2 Å². The lowest BCUT2D eigenvalue weighted by atomic mass is 10.0. The second-order valence-electron chi connectivity index (χ2n) is 7.65. The number of benzene rings is 1. The Hall–Kier alpha value is -3.51. The van der Waals surface area contributed by atoms with Gasteiger partial charge in [0.2, 0.25) is 27.6 Å². The number of methoxy groups -OCH3 is 2. The van der Waals surface area contributed by atoms with E-state index in [0.717, 1.165) is 5.56 Å². The molecule has 182 valence electrons. The van der Waals surface area contributed by atoms with Crippen LogP contribution in [0.2, 0.25) is 0 Å². The second kappa shape index (κ2) is 11.1. The lowest BCUT2D eigenvalue weighted by Gasteiger charge is -2.18. The number of rotatable bonds is 11. The van der Waals surface area contributed by atoms with Gasteiger partial charge in [-0.25, -0.2) is 13.1 Å². The molecule has 1 aromatic carbocycles. The fourth-order valence-electron chi connectivity index (χ4n) is 3.10. The molecule has 0 fully saturated rings. The minimum absolute atomic E-state index is 0.000108. The summed E-state index contributed by atoms with van der Waals surface area (Å²) in [6.45, 7) is 3.71. The average molecular weight is 490 g/mol. The number of nitrogens with one attached hydrogen (secondary N) is 2. The van der Waals surface area contributed by atoms with Gasteiger partial charge in [0, 0.05) is 37.0 Å². The van der Waals surface area contributed by atoms with Gasteiger partial charge in [-0.3, -0.25) is 9.78 Å². The van der Waals surface area contributed by atoms with Crippen molar-refractivity contribution in [2.75, 3.05) is 20.8 Å². The van der Waals surface area contributed by atoms with Crippen molar-refractivity contribution in [1.82, 2.24) is 25.2 Å². The molecular formula is C22H27N5O6S. The number of ether oxygens (including phenoxy) is 2. The lowest BCUT2D eigenvalue weighted by molar-refractivity contribution is -0.122. The molecule has 0 aliphatic rings. The number of hydrogen-bond donors (Lipinski definition) is 2. The molecule has 1 unspecified atom stereocenters. The SMILES string of the molecule is COc1ccc(S(=O)(=O)NCCC(=O)NC(c2nc(-c3ccncc3)no2)C(C)C)cc1OC. The quantitative estimate of drug-likeness (QED) is 0.414. The first-order valence-electron chi connectivity index (χ1n) is 10.5. The van der Waals surface area contributed by atoms with Crippen LogP contribution in [0.3, 0.4) is 0 Å². The Morgan fingerprint density at radius 1 is 1.09 bits per heavy atom. The van der Waals surface area contributed by atoms with Crippen LogP contribution in [0.5, 0.6) is 11.5 Å². The molecule has 0 bridgehead atoms. The third-order valence-corrected chi connectivity index (χ3v) is 6.40. The maximum absolute atomic E-state index is 12.6. The average Bonchev–Trinajstić information content (AvgIpc) is 3.32. The van der Waals surface area contributed by atoms with E-state index in [1.54, 1.807) is 24.5 Å². The highest BCUT2D eigenvalue weighted by Crippen LogP contribution is 2.29. The van der Waals surface area contributed by atoms with E-state index in [1.165, 1.54) is 32.4 Å². The number of pyridine rings is 1. The van der Waals surface area contributed by atoms with E-state index in [-0.39, 0.29) is 41.3 Å². The van der Waals surface area contributed by atoms with Gasteiger partial charge in [-0.15, -0.1) is 0 Å². The van der Waals surface area contributed by atoms with Crippen LogP contribution in [0.4, 0.5) is 0 Å². The normalized spacial score (nSPS) is 12.4. The number of aromatic nitrogens is 3. The molecule has 2 heterocycles. The summed E-state index contributed by atoms with van der Waals surface area (Å²) >= 11 is 0. The summed E-state index contributed by atoms with van der Waals surface area (Å²) in [5.74, 6) is 0.943. The van der Waals surface area contributed by atoms with Gasteiger partial charge in [0.05, 0.1) is 19.1 Å². The van der Waals surface area contributed by atoms with Crippen LogP contribution in [0.1, 0.15) is 32.2 Å². The molecule has 0 spiro atoms. The first-order valence-corrected chi connectivity index (χ1v) is 12.0. The predicted molar refractivity (Wildman–Crippen MR) is 123 cm³/mol. The number of sulfonamides is 1. The van der Waals surface area contributed by atoms with Crippen LogP contribution in [0.15, 0.2) is 52.1 Å². The Balaban J connectivity index is 1.60. The molecule has 2 aromatic heterocycles. The molecule has 0 radical (unpaired) electrons. The van der Waals surface area contributed by atoms with Crippen molar-refractivity contribution in [2.45, 2.75) is 31.2 Å². The molecule has 3 aromatic rings. The first kappa shape index (κ1) is 25.1. The highest BCUT2D eigenvalue weighted by Gasteiger charge is 2.25. The summed E-state index contributed by atoms with van der Waals surface area (Å²) in [6, 6.07) is 7.22. The highest BCUT2D eigenvalue weighted by molar-refractivity contribution is 7.89. The molecule has 0 saturated heterocycles. The van der Waals surface area contributed by atoms with Gasteiger partial charge in [0.15, 0.2) is 11.5 Å². The van der Waals surface area contributed by atoms with Gasteiger partial charge in [-0.2, -0.15) is 4.98 Å². The summed E-state index contributed by atoms with van der Waals surface area (Å²) in [7, 11) is -0.972. The smallest absolute Gasteiger partial charge is 0.249 e. The fraction of sp³-hybridized carbons (Fsp3) is 0.364. The molecule has 3 rings (SSSR count). The maximum atomic E-state index is 12.6. The zero-order chi connectivity index (χ0) is 24.7. The van der Waals surface area contributed by atoms with Crippen molar-refractivity contribution in [3.05, 3.63) is 48.6 Å². The number of amides is 1. The zero-order valence-electron chi connectivity index (χ0n) is 19.3. The van der Waals surface area contributed by atoms with Crippen LogP contribution < -0.4 is 19.5 Å². The van der Waals surface area contributed by atoms with Crippen molar-refractivity contribution in [2.24, 2.45) is 5.92 Å². The third kappa shape index (κ3) is 6.08. The molecule has 0 saturated carbocycles. The summed E-state index contributed by atoms with van der Waals surface area (Å²) < 4.78 is 43.3. The molecule has 1 atom stereocenters. The summed E-state index contributed by atoms with van der Waals surface area (Å²) in [5.41, 5.74) is 0.739. The van der Waals surface area contributed by atoms with E-state index in [9.17, 15) is 13.2 Å². The van der Waals surface area contributed by atoms with Gasteiger partial charge in [-0.1, -0.05) is 19.0 Å². The minimum Gasteiger partial charge on any atom is -0.493 e. The van der Waals surface area contributed by atoms with Gasteiger partial charge < -0.3 is 19.3 Å². The largest absolute Gasteiger partial charge is 0.493 e. The van der Waals surface area contributed by atoms with E-state index >= 15 is 0 Å². The van der Waals surface area contributed by atoms with Crippen molar-refractivity contribution in [1.29, 1.82) is 0 Å². The van der Waals surface area contributed by atoms with Crippen LogP contribution in [-0.2, 0) is 14.8 Å². The van der Waals surface area contributed by atoms with Crippen LogP contribution >= 0.6 is 0 Å². The number of nitrogens with zero attached hydrogens (tertiary/aromatic N) is 3. The van der Waals surface area contributed by atoms with Gasteiger partial charge in [0.25, 0.3) is 0 Å². The Kier molecular flexibility index (Phi) is 8.18. The van der Waals surface area contributed by atoms with Crippen LogP contribution in [-0.4, -0.2) is 50.2 Å². The summed E-state index contributed by atoms with van der Waals surface area (Å²) in [6.07, 6.45) is 3.16. The molecule has 12 heteroatoms. The number of hydrogen-bond acceptors (Lipinski definition) is 9. The second-order valence-corrected chi connectivity index (χ2v) is 9.41. The zero-order valence-corrected chi connectivity index (χ0v) is 20.1. The van der Waals surface area contributed by atoms with Crippen molar-refractivity contribution >= 4 is 15.9 Å². The monoisotopic (exact) mass is 489 g/mol. The van der Waals surface area contributed by atoms with Gasteiger partial charge in [0.1, 0.15) is 6.04 Å². The van der Waals surface area contributed by atoms with Crippen molar-refractivity contribution in [3.63, 3.8) is 0 Å². The number of carbonyl (C=O) groups is 1. The minimum atomic E-state index is -3.85. The molecule has 11 nitrogen and oxygen atoms in total. The Bertz CT molecular complexity index is 1210.